The quantitative estimate of drug-likeness (QED) is 0.0320. The zero-order chi connectivity index (χ0) is 53.6. The summed E-state index contributed by atoms with van der Waals surface area (Å²) in [6.07, 6.45) is 78.4. The fraction of sp³-hybridized carbons (Fsp3) is 0.941. The monoisotopic (exact) mass is 1040 g/mol. The summed E-state index contributed by atoms with van der Waals surface area (Å²) in [7, 11) is 0. The Bertz CT molecular complexity index is 1110. The van der Waals surface area contributed by atoms with Gasteiger partial charge < -0.3 is 20.3 Å². The van der Waals surface area contributed by atoms with E-state index in [0.717, 1.165) is 38.5 Å². The molecule has 0 heterocycles. The van der Waals surface area contributed by atoms with Gasteiger partial charge in [-0.05, 0) is 32.1 Å². The van der Waals surface area contributed by atoms with Crippen molar-refractivity contribution in [2.45, 2.75) is 398 Å². The Kier molecular flexibility index (Phi) is 62.9. The molecule has 0 aliphatic carbocycles. The van der Waals surface area contributed by atoms with Crippen LogP contribution >= 0.6 is 0 Å². The van der Waals surface area contributed by atoms with Crippen LogP contribution in [0.4, 0.5) is 0 Å². The summed E-state index contributed by atoms with van der Waals surface area (Å²) in [6, 6.07) is -0.630. The maximum absolute atomic E-state index is 12.5. The molecule has 0 spiro atoms. The number of hydrogen-bond donors (Lipinski definition) is 3. The van der Waals surface area contributed by atoms with Crippen LogP contribution in [0, 0.1) is 0 Å². The van der Waals surface area contributed by atoms with E-state index in [4.69, 9.17) is 4.74 Å². The second-order valence-corrected chi connectivity index (χ2v) is 23.5. The van der Waals surface area contributed by atoms with Crippen molar-refractivity contribution in [3.8, 4) is 0 Å². The molecule has 3 N–H and O–H groups in total. The van der Waals surface area contributed by atoms with Gasteiger partial charge >= 0.3 is 5.97 Å². The van der Waals surface area contributed by atoms with Gasteiger partial charge in [0.25, 0.3) is 0 Å². The molecular formula is C68H133NO5. The molecule has 0 bridgehead atoms. The lowest BCUT2D eigenvalue weighted by Gasteiger charge is -2.20. The average Bonchev–Trinajstić information content (AvgIpc) is 3.40. The molecule has 2 unspecified atom stereocenters. The molecule has 0 saturated heterocycles. The fourth-order valence-corrected chi connectivity index (χ4v) is 10.9. The molecule has 74 heavy (non-hydrogen) atoms. The first kappa shape index (κ1) is 72.6. The first-order valence-electron chi connectivity index (χ1n) is 34.0. The summed E-state index contributed by atoms with van der Waals surface area (Å²) in [5, 5.41) is 23.2. The molecule has 1 amide bonds. The highest BCUT2D eigenvalue weighted by molar-refractivity contribution is 5.76. The molecule has 0 aliphatic heterocycles. The number of esters is 1. The number of amides is 1. The van der Waals surface area contributed by atoms with Crippen LogP contribution in [-0.4, -0.2) is 47.4 Å². The summed E-state index contributed by atoms with van der Waals surface area (Å²) in [4.78, 5) is 24.6. The SMILES string of the molecule is CCCCCCCCCCCCCCCCCCCCCC/C=C/C(O)C(CO)NC(=O)CCCCCCCCCCCCCCCCCCCCCOC(=O)CCCCCCCCCCCCCCCCCC. The van der Waals surface area contributed by atoms with E-state index in [9.17, 15) is 19.8 Å². The van der Waals surface area contributed by atoms with Crippen LogP contribution in [0.25, 0.3) is 0 Å². The van der Waals surface area contributed by atoms with Crippen molar-refractivity contribution in [3.05, 3.63) is 12.2 Å². The molecule has 6 heteroatoms. The zero-order valence-electron chi connectivity index (χ0n) is 50.4. The first-order valence-corrected chi connectivity index (χ1v) is 34.0. The van der Waals surface area contributed by atoms with E-state index < -0.39 is 12.1 Å². The molecule has 0 aromatic rings. The van der Waals surface area contributed by atoms with Crippen molar-refractivity contribution in [1.82, 2.24) is 5.32 Å². The van der Waals surface area contributed by atoms with Crippen LogP contribution in [0.3, 0.4) is 0 Å². The van der Waals surface area contributed by atoms with Gasteiger partial charge in [0.05, 0.1) is 25.4 Å². The van der Waals surface area contributed by atoms with E-state index in [1.165, 1.54) is 321 Å². The van der Waals surface area contributed by atoms with E-state index >= 15 is 0 Å². The summed E-state index contributed by atoms with van der Waals surface area (Å²) >= 11 is 0. The molecule has 2 atom stereocenters. The summed E-state index contributed by atoms with van der Waals surface area (Å²) in [5.74, 6) is -0.0532. The van der Waals surface area contributed by atoms with E-state index in [1.54, 1.807) is 6.08 Å². The highest BCUT2D eigenvalue weighted by atomic mass is 16.5. The number of aliphatic hydroxyl groups is 2. The number of allylic oxidation sites excluding steroid dienone is 1. The second-order valence-electron chi connectivity index (χ2n) is 23.5. The van der Waals surface area contributed by atoms with Crippen LogP contribution in [0.2, 0.25) is 0 Å². The Morgan fingerprint density at radius 2 is 0.622 bits per heavy atom. The zero-order valence-corrected chi connectivity index (χ0v) is 50.4. The smallest absolute Gasteiger partial charge is 0.305 e. The first-order chi connectivity index (χ1) is 36.5. The van der Waals surface area contributed by atoms with Gasteiger partial charge in [0.1, 0.15) is 0 Å². The predicted molar refractivity (Wildman–Crippen MR) is 324 cm³/mol. The minimum absolute atomic E-state index is 0.0129. The van der Waals surface area contributed by atoms with Gasteiger partial charge in [-0.25, -0.2) is 0 Å². The van der Waals surface area contributed by atoms with Gasteiger partial charge in [-0.15, -0.1) is 0 Å². The third-order valence-electron chi connectivity index (χ3n) is 16.1. The van der Waals surface area contributed by atoms with Crippen LogP contribution < -0.4 is 5.32 Å². The van der Waals surface area contributed by atoms with E-state index in [0.29, 0.717) is 19.4 Å². The Morgan fingerprint density at radius 3 is 0.919 bits per heavy atom. The van der Waals surface area contributed by atoms with Crippen molar-refractivity contribution < 1.29 is 24.5 Å². The van der Waals surface area contributed by atoms with Gasteiger partial charge in [0.15, 0.2) is 0 Å². The maximum Gasteiger partial charge on any atom is 0.305 e. The van der Waals surface area contributed by atoms with Crippen LogP contribution in [0.1, 0.15) is 386 Å². The fourth-order valence-electron chi connectivity index (χ4n) is 10.9. The number of carbonyl (C=O) groups excluding carboxylic acids is 2. The number of aliphatic hydroxyl groups excluding tert-OH is 2. The highest BCUT2D eigenvalue weighted by Crippen LogP contribution is 2.19. The Labute approximate surface area is 463 Å². The van der Waals surface area contributed by atoms with Crippen molar-refractivity contribution in [3.63, 3.8) is 0 Å². The Morgan fingerprint density at radius 1 is 0.365 bits per heavy atom. The minimum Gasteiger partial charge on any atom is -0.466 e. The molecule has 0 fully saturated rings. The van der Waals surface area contributed by atoms with Gasteiger partial charge in [0, 0.05) is 12.8 Å². The van der Waals surface area contributed by atoms with Gasteiger partial charge in [-0.1, -0.05) is 353 Å². The number of hydrogen-bond acceptors (Lipinski definition) is 5. The lowest BCUT2D eigenvalue weighted by atomic mass is 10.0. The third kappa shape index (κ3) is 59.8. The largest absolute Gasteiger partial charge is 0.466 e. The number of ether oxygens (including phenoxy) is 1. The standard InChI is InChI=1S/C68H133NO5/c1-3-5-7-9-11-13-15-17-19-21-22-23-24-26-29-32-36-40-44-48-52-56-60-66(71)65(64-70)69-67(72)61-57-53-49-45-41-37-33-30-27-25-28-31-35-39-43-47-51-55-59-63-74-68(73)62-58-54-50-46-42-38-34-20-18-16-14-12-10-8-6-4-2/h56,60,65-66,70-71H,3-55,57-59,61-64H2,1-2H3,(H,69,72)/b60-56+. The molecular weight excluding hydrogens is 911 g/mol. The molecule has 6 nitrogen and oxygen atoms in total. The normalized spacial score (nSPS) is 12.5. The lowest BCUT2D eigenvalue weighted by molar-refractivity contribution is -0.143. The lowest BCUT2D eigenvalue weighted by Crippen LogP contribution is -2.45. The van der Waals surface area contributed by atoms with Crippen LogP contribution in [0.15, 0.2) is 12.2 Å². The minimum atomic E-state index is -0.847. The Hall–Kier alpha value is -1.40. The van der Waals surface area contributed by atoms with Crippen LogP contribution in [-0.2, 0) is 14.3 Å². The molecule has 0 radical (unpaired) electrons. The van der Waals surface area contributed by atoms with Crippen molar-refractivity contribution in [2.75, 3.05) is 13.2 Å². The maximum atomic E-state index is 12.5. The second kappa shape index (κ2) is 64.1. The molecule has 0 aromatic heterocycles. The van der Waals surface area contributed by atoms with Gasteiger partial charge in [0.2, 0.25) is 5.91 Å². The molecule has 0 rings (SSSR count). The molecule has 0 aromatic carbocycles. The number of nitrogens with one attached hydrogen (secondary N) is 1. The van der Waals surface area contributed by atoms with Crippen molar-refractivity contribution >= 4 is 11.9 Å². The summed E-state index contributed by atoms with van der Waals surface area (Å²) in [5.41, 5.74) is 0. The predicted octanol–water partition coefficient (Wildman–Crippen LogP) is 21.6. The van der Waals surface area contributed by atoms with E-state index in [2.05, 4.69) is 19.2 Å². The molecule has 0 saturated carbocycles. The number of rotatable bonds is 64. The van der Waals surface area contributed by atoms with E-state index in [-0.39, 0.29) is 18.5 Å². The number of carbonyl (C=O) groups is 2. The molecule has 440 valence electrons. The third-order valence-corrected chi connectivity index (χ3v) is 16.1. The van der Waals surface area contributed by atoms with Gasteiger partial charge in [-0.3, -0.25) is 9.59 Å². The average molecular weight is 1040 g/mol. The topological polar surface area (TPSA) is 95.9 Å². The van der Waals surface area contributed by atoms with Crippen LogP contribution in [0.5, 0.6) is 0 Å². The highest BCUT2D eigenvalue weighted by Gasteiger charge is 2.18. The summed E-state index contributed by atoms with van der Waals surface area (Å²) in [6.45, 7) is 4.94. The number of unbranched alkanes of at least 4 members (excludes halogenated alkanes) is 53. The molecule has 0 aliphatic rings. The van der Waals surface area contributed by atoms with E-state index in [1.807, 2.05) is 6.08 Å². The van der Waals surface area contributed by atoms with Crippen molar-refractivity contribution in [2.24, 2.45) is 0 Å². The summed E-state index contributed by atoms with van der Waals surface area (Å²) < 4.78 is 5.50. The Balaban J connectivity index is 3.41. The van der Waals surface area contributed by atoms with Gasteiger partial charge in [-0.2, -0.15) is 0 Å². The van der Waals surface area contributed by atoms with Crippen molar-refractivity contribution in [1.29, 1.82) is 0 Å².